The van der Waals surface area contributed by atoms with Crippen LogP contribution in [0.5, 0.6) is 0 Å². The van der Waals surface area contributed by atoms with E-state index in [1.807, 2.05) is 0 Å². The summed E-state index contributed by atoms with van der Waals surface area (Å²) in [5.41, 5.74) is 1.34. The number of carbonyl (C=O) groups excluding carboxylic acids is 1. The number of rotatable bonds is 2. The molecule has 1 aromatic carbocycles. The Hall–Kier alpha value is -2.34. The van der Waals surface area contributed by atoms with Gasteiger partial charge in [-0.2, -0.15) is 4.98 Å². The topological polar surface area (TPSA) is 83.8 Å². The van der Waals surface area contributed by atoms with Crippen molar-refractivity contribution >= 4 is 34.4 Å². The minimum absolute atomic E-state index is 0.213. The molecule has 0 atom stereocenters. The van der Waals surface area contributed by atoms with Crippen LogP contribution in [0.1, 0.15) is 21.9 Å². The second kappa shape index (κ2) is 4.64. The van der Waals surface area contributed by atoms with Crippen molar-refractivity contribution in [2.45, 2.75) is 13.8 Å². The van der Waals surface area contributed by atoms with Crippen molar-refractivity contribution in [2.75, 3.05) is 5.32 Å². The van der Waals surface area contributed by atoms with Crippen LogP contribution in [-0.2, 0) is 0 Å². The van der Waals surface area contributed by atoms with E-state index in [9.17, 15) is 4.79 Å². The van der Waals surface area contributed by atoms with Gasteiger partial charge in [-0.15, -0.1) is 5.10 Å². The number of amides is 1. The monoisotopic (exact) mass is 290 g/mol. The smallest absolute Gasteiger partial charge is 0.294 e. The van der Waals surface area contributed by atoms with Crippen molar-refractivity contribution in [1.82, 2.24) is 15.2 Å². The number of aryl methyl sites for hydroxylation is 2. The molecule has 3 aromatic rings. The highest BCUT2D eigenvalue weighted by molar-refractivity contribution is 6.31. The van der Waals surface area contributed by atoms with Gasteiger partial charge >= 0.3 is 0 Å². The van der Waals surface area contributed by atoms with Gasteiger partial charge in [0.05, 0.1) is 0 Å². The summed E-state index contributed by atoms with van der Waals surface area (Å²) in [5, 5.41) is 10.5. The first-order valence-electron chi connectivity index (χ1n) is 5.93. The van der Waals surface area contributed by atoms with E-state index < -0.39 is 5.91 Å². The van der Waals surface area contributed by atoms with E-state index in [0.29, 0.717) is 16.4 Å². The molecule has 0 aliphatic heterocycles. The molecule has 0 saturated heterocycles. The van der Waals surface area contributed by atoms with Crippen LogP contribution in [0.15, 0.2) is 22.6 Å². The molecule has 2 N–H and O–H groups in total. The van der Waals surface area contributed by atoms with Gasteiger partial charge in [-0.3, -0.25) is 15.2 Å². The van der Waals surface area contributed by atoms with Crippen molar-refractivity contribution < 1.29 is 9.21 Å². The van der Waals surface area contributed by atoms with Crippen LogP contribution in [-0.4, -0.2) is 21.1 Å². The Labute approximate surface area is 119 Å². The molecule has 1 amide bonds. The van der Waals surface area contributed by atoms with Crippen LogP contribution < -0.4 is 5.32 Å². The van der Waals surface area contributed by atoms with E-state index in [1.165, 1.54) is 0 Å². The average Bonchev–Trinajstić information content (AvgIpc) is 2.94. The Morgan fingerprint density at radius 3 is 2.90 bits per heavy atom. The standard InChI is InChI=1S/C13H11ClN4O2/c1-6-9-5-8(14)3-4-10(9)20-11(6)12(19)16-13-15-7(2)17-18-13/h3-5H,1-2H3,(H2,15,16,17,18,19). The molecule has 2 heterocycles. The third-order valence-electron chi connectivity index (χ3n) is 2.93. The zero-order chi connectivity index (χ0) is 14.3. The molecule has 3 rings (SSSR count). The molecule has 0 saturated carbocycles. The molecule has 0 aliphatic carbocycles. The van der Waals surface area contributed by atoms with Gasteiger partial charge < -0.3 is 4.42 Å². The Morgan fingerprint density at radius 1 is 1.40 bits per heavy atom. The normalized spacial score (nSPS) is 10.9. The maximum absolute atomic E-state index is 12.2. The molecule has 0 aliphatic rings. The van der Waals surface area contributed by atoms with Gasteiger partial charge in [0.15, 0.2) is 5.76 Å². The second-order valence-electron chi connectivity index (χ2n) is 4.40. The number of nitrogens with zero attached hydrogens (tertiary/aromatic N) is 2. The molecule has 7 heteroatoms. The lowest BCUT2D eigenvalue weighted by Crippen LogP contribution is -2.13. The SMILES string of the molecule is Cc1nc(NC(=O)c2oc3ccc(Cl)cc3c2C)n[nH]1. The van der Waals surface area contributed by atoms with E-state index in [0.717, 1.165) is 10.9 Å². The number of hydrogen-bond donors (Lipinski definition) is 2. The van der Waals surface area contributed by atoms with E-state index >= 15 is 0 Å². The highest BCUT2D eigenvalue weighted by Gasteiger charge is 2.19. The first-order valence-corrected chi connectivity index (χ1v) is 6.31. The van der Waals surface area contributed by atoms with Gasteiger partial charge in [-0.05, 0) is 32.0 Å². The van der Waals surface area contributed by atoms with E-state index in [2.05, 4.69) is 20.5 Å². The third-order valence-corrected chi connectivity index (χ3v) is 3.16. The summed E-state index contributed by atoms with van der Waals surface area (Å²) >= 11 is 5.95. The Kier molecular flexibility index (Phi) is 2.94. The van der Waals surface area contributed by atoms with Crippen molar-refractivity contribution in [3.63, 3.8) is 0 Å². The average molecular weight is 291 g/mol. The molecule has 0 radical (unpaired) electrons. The van der Waals surface area contributed by atoms with Crippen LogP contribution in [0.3, 0.4) is 0 Å². The summed E-state index contributed by atoms with van der Waals surface area (Å²) in [6, 6.07) is 5.22. The van der Waals surface area contributed by atoms with Gasteiger partial charge in [0.1, 0.15) is 11.4 Å². The largest absolute Gasteiger partial charge is 0.451 e. The fourth-order valence-corrected chi connectivity index (χ4v) is 2.14. The quantitative estimate of drug-likeness (QED) is 0.759. The first-order chi connectivity index (χ1) is 9.54. The molecule has 0 unspecified atom stereocenters. The fourth-order valence-electron chi connectivity index (χ4n) is 1.97. The molecule has 0 bridgehead atoms. The number of aromatic nitrogens is 3. The molecular weight excluding hydrogens is 280 g/mol. The maximum Gasteiger partial charge on any atom is 0.294 e. The third kappa shape index (κ3) is 2.14. The van der Waals surface area contributed by atoms with Crippen molar-refractivity contribution in [3.05, 3.63) is 40.4 Å². The van der Waals surface area contributed by atoms with Gasteiger partial charge in [-0.1, -0.05) is 11.6 Å². The maximum atomic E-state index is 12.2. The number of H-pyrrole nitrogens is 1. The van der Waals surface area contributed by atoms with Crippen molar-refractivity contribution in [1.29, 1.82) is 0 Å². The predicted molar refractivity (Wildman–Crippen MR) is 75.0 cm³/mol. The lowest BCUT2D eigenvalue weighted by Gasteiger charge is -1.97. The number of furan rings is 1. The number of hydrogen-bond acceptors (Lipinski definition) is 4. The zero-order valence-electron chi connectivity index (χ0n) is 10.8. The summed E-state index contributed by atoms with van der Waals surface area (Å²) in [5.74, 6) is 0.664. The molecule has 0 fully saturated rings. The van der Waals surface area contributed by atoms with E-state index in [4.69, 9.17) is 16.0 Å². The number of nitrogens with one attached hydrogen (secondary N) is 2. The number of fused-ring (bicyclic) bond motifs is 1. The molecule has 2 aromatic heterocycles. The van der Waals surface area contributed by atoms with Crippen molar-refractivity contribution in [3.8, 4) is 0 Å². The van der Waals surface area contributed by atoms with Crippen LogP contribution in [0, 0.1) is 13.8 Å². The summed E-state index contributed by atoms with van der Waals surface area (Å²) in [6.07, 6.45) is 0. The number of aromatic amines is 1. The molecule has 102 valence electrons. The first kappa shape index (κ1) is 12.7. The highest BCUT2D eigenvalue weighted by Crippen LogP contribution is 2.28. The Morgan fingerprint density at radius 2 is 2.20 bits per heavy atom. The number of benzene rings is 1. The van der Waals surface area contributed by atoms with E-state index in [1.54, 1.807) is 32.0 Å². The lowest BCUT2D eigenvalue weighted by molar-refractivity contribution is 0.0997. The summed E-state index contributed by atoms with van der Waals surface area (Å²) in [7, 11) is 0. The van der Waals surface area contributed by atoms with Crippen LogP contribution in [0.4, 0.5) is 5.95 Å². The van der Waals surface area contributed by atoms with Crippen molar-refractivity contribution in [2.24, 2.45) is 0 Å². The minimum atomic E-state index is -0.395. The summed E-state index contributed by atoms with van der Waals surface area (Å²) in [6.45, 7) is 3.55. The highest BCUT2D eigenvalue weighted by atomic mass is 35.5. The minimum Gasteiger partial charge on any atom is -0.451 e. The molecule has 0 spiro atoms. The zero-order valence-corrected chi connectivity index (χ0v) is 11.6. The lowest BCUT2D eigenvalue weighted by atomic mass is 10.1. The van der Waals surface area contributed by atoms with Gasteiger partial charge in [0.25, 0.3) is 5.91 Å². The Bertz CT molecular complexity index is 806. The molecule has 6 nitrogen and oxygen atoms in total. The van der Waals surface area contributed by atoms with Gasteiger partial charge in [-0.25, -0.2) is 0 Å². The number of halogens is 1. The fraction of sp³-hybridized carbons (Fsp3) is 0.154. The summed E-state index contributed by atoms with van der Waals surface area (Å²) < 4.78 is 5.56. The van der Waals surface area contributed by atoms with E-state index in [-0.39, 0.29) is 11.7 Å². The number of anilines is 1. The van der Waals surface area contributed by atoms with Crippen LogP contribution in [0.2, 0.25) is 5.02 Å². The van der Waals surface area contributed by atoms with Gasteiger partial charge in [0, 0.05) is 16.0 Å². The number of carbonyl (C=O) groups is 1. The molecular formula is C13H11ClN4O2. The molecule has 20 heavy (non-hydrogen) atoms. The second-order valence-corrected chi connectivity index (χ2v) is 4.83. The van der Waals surface area contributed by atoms with Crippen LogP contribution in [0.25, 0.3) is 11.0 Å². The predicted octanol–water partition coefficient (Wildman–Crippen LogP) is 3.07. The van der Waals surface area contributed by atoms with Gasteiger partial charge in [0.2, 0.25) is 5.95 Å². The summed E-state index contributed by atoms with van der Waals surface area (Å²) in [4.78, 5) is 16.2. The Balaban J connectivity index is 1.97. The van der Waals surface area contributed by atoms with Crippen LogP contribution >= 0.6 is 11.6 Å².